The smallest absolute Gasteiger partial charge is 0.310 e. The standard InChI is InChI=1S/C15H29NO4/c1-3-4-5-6-7-8-9-10-11-12-14(17)19-20-15(18)13-16-2/h16H,3-13H2,1-2H3. The first-order valence-corrected chi connectivity index (χ1v) is 7.75. The molecule has 5 heteroatoms. The van der Waals surface area contributed by atoms with Crippen LogP contribution in [0.3, 0.4) is 0 Å². The number of unbranched alkanes of at least 4 members (excludes halogenated alkanes) is 8. The minimum absolute atomic E-state index is 0.0330. The van der Waals surface area contributed by atoms with Gasteiger partial charge in [0.1, 0.15) is 0 Å². The van der Waals surface area contributed by atoms with Crippen molar-refractivity contribution in [2.24, 2.45) is 0 Å². The molecule has 0 heterocycles. The number of hydrogen-bond donors (Lipinski definition) is 1. The second kappa shape index (κ2) is 14.3. The fourth-order valence-electron chi connectivity index (χ4n) is 1.89. The maximum atomic E-state index is 11.2. The van der Waals surface area contributed by atoms with Crippen molar-refractivity contribution >= 4 is 11.9 Å². The van der Waals surface area contributed by atoms with Crippen LogP contribution in [0.1, 0.15) is 71.1 Å². The van der Waals surface area contributed by atoms with E-state index >= 15 is 0 Å². The highest BCUT2D eigenvalue weighted by atomic mass is 17.2. The Hall–Kier alpha value is -1.10. The van der Waals surface area contributed by atoms with Crippen molar-refractivity contribution < 1.29 is 19.4 Å². The van der Waals surface area contributed by atoms with E-state index in [1.165, 1.54) is 38.5 Å². The van der Waals surface area contributed by atoms with Crippen LogP contribution in [0.4, 0.5) is 0 Å². The highest BCUT2D eigenvalue weighted by Gasteiger charge is 2.08. The van der Waals surface area contributed by atoms with Crippen LogP contribution in [0, 0.1) is 0 Å². The molecule has 0 aromatic rings. The summed E-state index contributed by atoms with van der Waals surface area (Å²) in [6, 6.07) is 0. The molecular formula is C15H29NO4. The SMILES string of the molecule is CCCCCCCCCCCC(=O)OOC(=O)CNC. The van der Waals surface area contributed by atoms with Gasteiger partial charge >= 0.3 is 11.9 Å². The van der Waals surface area contributed by atoms with Crippen LogP contribution in [-0.2, 0) is 19.4 Å². The third kappa shape index (κ3) is 13.3. The number of carbonyl (C=O) groups is 2. The van der Waals surface area contributed by atoms with Gasteiger partial charge in [-0.05, 0) is 13.5 Å². The summed E-state index contributed by atoms with van der Waals surface area (Å²) < 4.78 is 0. The maximum absolute atomic E-state index is 11.2. The molecule has 0 aromatic carbocycles. The van der Waals surface area contributed by atoms with Crippen molar-refractivity contribution in [2.45, 2.75) is 71.1 Å². The Morgan fingerprint density at radius 3 is 1.85 bits per heavy atom. The molecule has 0 saturated heterocycles. The highest BCUT2D eigenvalue weighted by molar-refractivity contribution is 5.73. The number of nitrogens with one attached hydrogen (secondary N) is 1. The molecule has 0 bridgehead atoms. The zero-order valence-corrected chi connectivity index (χ0v) is 12.9. The van der Waals surface area contributed by atoms with Gasteiger partial charge in [-0.15, -0.1) is 0 Å². The molecule has 0 radical (unpaired) electrons. The van der Waals surface area contributed by atoms with E-state index in [1.54, 1.807) is 7.05 Å². The van der Waals surface area contributed by atoms with Gasteiger partial charge in [0.15, 0.2) is 0 Å². The molecule has 0 rings (SSSR count). The summed E-state index contributed by atoms with van der Waals surface area (Å²) in [6.07, 6.45) is 11.0. The number of hydrogen-bond acceptors (Lipinski definition) is 5. The third-order valence-electron chi connectivity index (χ3n) is 3.03. The van der Waals surface area contributed by atoms with Crippen molar-refractivity contribution in [1.29, 1.82) is 0 Å². The largest absolute Gasteiger partial charge is 0.369 e. The second-order valence-corrected chi connectivity index (χ2v) is 5.02. The number of likely N-dealkylation sites (N-methyl/N-ethyl adjacent to an activating group) is 1. The molecule has 0 aromatic heterocycles. The monoisotopic (exact) mass is 287 g/mol. The van der Waals surface area contributed by atoms with Crippen LogP contribution >= 0.6 is 0 Å². The van der Waals surface area contributed by atoms with E-state index in [-0.39, 0.29) is 6.54 Å². The number of carbonyl (C=O) groups excluding carboxylic acids is 2. The second-order valence-electron chi connectivity index (χ2n) is 5.02. The first kappa shape index (κ1) is 18.9. The van der Waals surface area contributed by atoms with Gasteiger partial charge in [0.2, 0.25) is 0 Å². The van der Waals surface area contributed by atoms with Crippen molar-refractivity contribution in [3.8, 4) is 0 Å². The van der Waals surface area contributed by atoms with Crippen molar-refractivity contribution in [3.63, 3.8) is 0 Å². The van der Waals surface area contributed by atoms with E-state index in [1.807, 2.05) is 0 Å². The Labute approximate surface area is 122 Å². The summed E-state index contributed by atoms with van der Waals surface area (Å²) in [7, 11) is 1.62. The van der Waals surface area contributed by atoms with Crippen LogP contribution in [0.5, 0.6) is 0 Å². The lowest BCUT2D eigenvalue weighted by Crippen LogP contribution is -2.22. The molecule has 0 aliphatic rings. The highest BCUT2D eigenvalue weighted by Crippen LogP contribution is 2.10. The van der Waals surface area contributed by atoms with Crippen molar-refractivity contribution in [2.75, 3.05) is 13.6 Å². The van der Waals surface area contributed by atoms with Gasteiger partial charge in [0.25, 0.3) is 0 Å². The lowest BCUT2D eigenvalue weighted by Gasteiger charge is -2.03. The van der Waals surface area contributed by atoms with Gasteiger partial charge in [0, 0.05) is 0 Å². The third-order valence-corrected chi connectivity index (χ3v) is 3.03. The molecule has 5 nitrogen and oxygen atoms in total. The van der Waals surface area contributed by atoms with Gasteiger partial charge < -0.3 is 5.32 Å². The van der Waals surface area contributed by atoms with Gasteiger partial charge in [-0.2, -0.15) is 0 Å². The normalized spacial score (nSPS) is 10.3. The lowest BCUT2D eigenvalue weighted by atomic mass is 10.1. The van der Waals surface area contributed by atoms with Crippen LogP contribution in [0.15, 0.2) is 0 Å². The van der Waals surface area contributed by atoms with Gasteiger partial charge in [0.05, 0.1) is 13.0 Å². The summed E-state index contributed by atoms with van der Waals surface area (Å²) in [5, 5.41) is 2.61. The number of rotatable bonds is 12. The van der Waals surface area contributed by atoms with Crippen molar-refractivity contribution in [1.82, 2.24) is 5.32 Å². The van der Waals surface area contributed by atoms with E-state index in [2.05, 4.69) is 22.0 Å². The zero-order chi connectivity index (χ0) is 15.1. The van der Waals surface area contributed by atoms with Crippen LogP contribution in [0.2, 0.25) is 0 Å². The topological polar surface area (TPSA) is 64.6 Å². The Balaban J connectivity index is 3.25. The summed E-state index contributed by atoms with van der Waals surface area (Å²) >= 11 is 0. The first-order chi connectivity index (χ1) is 9.70. The Morgan fingerprint density at radius 1 is 0.800 bits per heavy atom. The quantitative estimate of drug-likeness (QED) is 0.339. The molecule has 0 saturated carbocycles. The van der Waals surface area contributed by atoms with Gasteiger partial charge in [-0.25, -0.2) is 19.4 Å². The zero-order valence-electron chi connectivity index (χ0n) is 12.9. The average Bonchev–Trinajstić information content (AvgIpc) is 2.43. The molecule has 0 amide bonds. The molecule has 20 heavy (non-hydrogen) atoms. The predicted octanol–water partition coefficient (Wildman–Crippen LogP) is 3.13. The van der Waals surface area contributed by atoms with E-state index < -0.39 is 11.9 Å². The summed E-state index contributed by atoms with van der Waals surface area (Å²) in [5.74, 6) is -1.06. The Kier molecular flexibility index (Phi) is 13.5. The van der Waals surface area contributed by atoms with E-state index in [4.69, 9.17) is 0 Å². The average molecular weight is 287 g/mol. The minimum atomic E-state index is -0.590. The fourth-order valence-corrected chi connectivity index (χ4v) is 1.89. The Morgan fingerprint density at radius 2 is 1.30 bits per heavy atom. The van der Waals surface area contributed by atoms with E-state index in [0.29, 0.717) is 6.42 Å². The fraction of sp³-hybridized carbons (Fsp3) is 0.867. The molecule has 0 aliphatic heterocycles. The molecule has 0 aliphatic carbocycles. The molecular weight excluding hydrogens is 258 g/mol. The summed E-state index contributed by atoms with van der Waals surface area (Å²) in [6.45, 7) is 2.25. The molecule has 0 fully saturated rings. The molecule has 118 valence electrons. The lowest BCUT2D eigenvalue weighted by molar-refractivity contribution is -0.258. The van der Waals surface area contributed by atoms with Crippen LogP contribution in [0.25, 0.3) is 0 Å². The van der Waals surface area contributed by atoms with E-state index in [9.17, 15) is 9.59 Å². The molecule has 0 unspecified atom stereocenters. The molecule has 1 N–H and O–H groups in total. The van der Waals surface area contributed by atoms with E-state index in [0.717, 1.165) is 19.3 Å². The molecule has 0 atom stereocenters. The molecule has 0 spiro atoms. The maximum Gasteiger partial charge on any atom is 0.369 e. The summed E-state index contributed by atoms with van der Waals surface area (Å²) in [5.41, 5.74) is 0. The predicted molar refractivity (Wildman–Crippen MR) is 78.0 cm³/mol. The first-order valence-electron chi connectivity index (χ1n) is 7.75. The van der Waals surface area contributed by atoms with Crippen molar-refractivity contribution in [3.05, 3.63) is 0 Å². The van der Waals surface area contributed by atoms with Crippen LogP contribution < -0.4 is 5.32 Å². The van der Waals surface area contributed by atoms with Crippen LogP contribution in [-0.4, -0.2) is 25.5 Å². The Bertz CT molecular complexity index is 256. The van der Waals surface area contributed by atoms with Gasteiger partial charge in [-0.1, -0.05) is 58.3 Å². The van der Waals surface area contributed by atoms with Gasteiger partial charge in [-0.3, -0.25) is 0 Å². The summed E-state index contributed by atoms with van der Waals surface area (Å²) in [4.78, 5) is 30.9. The minimum Gasteiger partial charge on any atom is -0.310 e.